The largest absolute Gasteiger partial charge is 0.311 e. The molecule has 0 spiro atoms. The molecule has 0 aliphatic heterocycles. The van der Waals surface area contributed by atoms with E-state index < -0.39 is 0 Å². The summed E-state index contributed by atoms with van der Waals surface area (Å²) < 4.78 is 0. The van der Waals surface area contributed by atoms with E-state index in [-0.39, 0.29) is 0 Å². The average Bonchev–Trinajstić information content (AvgIpc) is 3.01. The van der Waals surface area contributed by atoms with E-state index in [9.17, 15) is 0 Å². The van der Waals surface area contributed by atoms with Gasteiger partial charge in [0.2, 0.25) is 0 Å². The van der Waals surface area contributed by atoms with Gasteiger partial charge in [0.25, 0.3) is 0 Å². The second kappa shape index (κ2) is 9.22. The van der Waals surface area contributed by atoms with Crippen LogP contribution in [0.15, 0.2) is 30.3 Å². The molecule has 2 rings (SSSR count). The van der Waals surface area contributed by atoms with Crippen LogP contribution in [-0.2, 0) is 6.54 Å². The fourth-order valence-corrected chi connectivity index (χ4v) is 3.22. The zero-order valence-corrected chi connectivity index (χ0v) is 13.9. The van der Waals surface area contributed by atoms with Gasteiger partial charge >= 0.3 is 0 Å². The molecular weight excluding hydrogens is 256 g/mol. The number of rotatable bonds is 9. The molecule has 0 bridgehead atoms. The summed E-state index contributed by atoms with van der Waals surface area (Å²) in [6.07, 6.45) is 7.02. The minimum absolute atomic E-state index is 0.811. The first-order chi connectivity index (χ1) is 10.3. The van der Waals surface area contributed by atoms with Gasteiger partial charge in [-0.25, -0.2) is 0 Å². The van der Waals surface area contributed by atoms with Crippen molar-refractivity contribution < 1.29 is 0 Å². The highest BCUT2D eigenvalue weighted by Gasteiger charge is 2.21. The van der Waals surface area contributed by atoms with Crippen LogP contribution in [0.4, 0.5) is 0 Å². The molecule has 0 heterocycles. The third kappa shape index (κ3) is 6.19. The Labute approximate surface area is 130 Å². The van der Waals surface area contributed by atoms with E-state index in [1.165, 1.54) is 50.8 Å². The summed E-state index contributed by atoms with van der Waals surface area (Å²) in [5.41, 5.74) is 1.38. The maximum atomic E-state index is 3.60. The zero-order valence-electron chi connectivity index (χ0n) is 13.9. The maximum Gasteiger partial charge on any atom is 0.0206 e. The van der Waals surface area contributed by atoms with Crippen molar-refractivity contribution in [1.29, 1.82) is 0 Å². The van der Waals surface area contributed by atoms with Crippen molar-refractivity contribution in [3.63, 3.8) is 0 Å². The van der Waals surface area contributed by atoms with Gasteiger partial charge in [-0.15, -0.1) is 0 Å². The van der Waals surface area contributed by atoms with Crippen molar-refractivity contribution in [2.24, 2.45) is 5.92 Å². The van der Waals surface area contributed by atoms with Crippen LogP contribution in [0, 0.1) is 5.92 Å². The van der Waals surface area contributed by atoms with Crippen molar-refractivity contribution >= 4 is 0 Å². The number of nitrogens with one attached hydrogen (secondary N) is 1. The SMILES string of the molecule is CC(C)CCN(CCNCc1ccccc1)C1CCCC1. The van der Waals surface area contributed by atoms with Crippen molar-refractivity contribution in [1.82, 2.24) is 10.2 Å². The van der Waals surface area contributed by atoms with Crippen molar-refractivity contribution in [3.05, 3.63) is 35.9 Å². The van der Waals surface area contributed by atoms with E-state index in [2.05, 4.69) is 54.4 Å². The Morgan fingerprint density at radius 2 is 1.81 bits per heavy atom. The predicted octanol–water partition coefficient (Wildman–Crippen LogP) is 4.07. The Morgan fingerprint density at radius 3 is 2.48 bits per heavy atom. The molecule has 0 atom stereocenters. The summed E-state index contributed by atoms with van der Waals surface area (Å²) in [6, 6.07) is 11.6. The van der Waals surface area contributed by atoms with Gasteiger partial charge < -0.3 is 5.32 Å². The lowest BCUT2D eigenvalue weighted by atomic mass is 10.1. The normalized spacial score (nSPS) is 16.2. The Balaban J connectivity index is 1.70. The Bertz CT molecular complexity index is 368. The lowest BCUT2D eigenvalue weighted by molar-refractivity contribution is 0.188. The fourth-order valence-electron chi connectivity index (χ4n) is 3.22. The molecule has 1 aromatic carbocycles. The minimum atomic E-state index is 0.811. The van der Waals surface area contributed by atoms with Gasteiger partial charge in [-0.2, -0.15) is 0 Å². The lowest BCUT2D eigenvalue weighted by Gasteiger charge is -2.29. The third-order valence-electron chi connectivity index (χ3n) is 4.58. The van der Waals surface area contributed by atoms with E-state index in [0.29, 0.717) is 0 Å². The van der Waals surface area contributed by atoms with E-state index in [0.717, 1.165) is 25.0 Å². The number of hydrogen-bond donors (Lipinski definition) is 1. The second-order valence-corrected chi connectivity index (χ2v) is 6.82. The number of hydrogen-bond acceptors (Lipinski definition) is 2. The smallest absolute Gasteiger partial charge is 0.0206 e. The van der Waals surface area contributed by atoms with Gasteiger partial charge in [0.15, 0.2) is 0 Å². The first-order valence-electron chi connectivity index (χ1n) is 8.74. The highest BCUT2D eigenvalue weighted by atomic mass is 15.2. The van der Waals surface area contributed by atoms with Crippen molar-refractivity contribution in [2.75, 3.05) is 19.6 Å². The van der Waals surface area contributed by atoms with E-state index in [4.69, 9.17) is 0 Å². The first kappa shape index (κ1) is 16.5. The number of nitrogens with zero attached hydrogens (tertiary/aromatic N) is 1. The quantitative estimate of drug-likeness (QED) is 0.689. The first-order valence-corrected chi connectivity index (χ1v) is 8.74. The van der Waals surface area contributed by atoms with Gasteiger partial charge in [0, 0.05) is 25.7 Å². The van der Waals surface area contributed by atoms with Crippen LogP contribution in [0.5, 0.6) is 0 Å². The summed E-state index contributed by atoms with van der Waals surface area (Å²) in [5, 5.41) is 3.60. The summed E-state index contributed by atoms with van der Waals surface area (Å²) in [7, 11) is 0. The summed E-state index contributed by atoms with van der Waals surface area (Å²) in [6.45, 7) is 9.23. The van der Waals surface area contributed by atoms with Crippen LogP contribution >= 0.6 is 0 Å². The lowest BCUT2D eigenvalue weighted by Crippen LogP contribution is -2.39. The predicted molar refractivity (Wildman–Crippen MR) is 91.4 cm³/mol. The average molecular weight is 288 g/mol. The standard InChI is InChI=1S/C19H32N2/c1-17(2)12-14-21(19-10-6-7-11-19)15-13-20-16-18-8-4-3-5-9-18/h3-5,8-9,17,19-20H,6-7,10-16H2,1-2H3. The highest BCUT2D eigenvalue weighted by molar-refractivity contribution is 5.14. The summed E-state index contributed by atoms with van der Waals surface area (Å²) in [4.78, 5) is 2.74. The van der Waals surface area contributed by atoms with Crippen LogP contribution in [0.3, 0.4) is 0 Å². The van der Waals surface area contributed by atoms with E-state index in [1.807, 2.05) is 0 Å². The Hall–Kier alpha value is -0.860. The fraction of sp³-hybridized carbons (Fsp3) is 0.684. The molecule has 1 aliphatic rings. The monoisotopic (exact) mass is 288 g/mol. The second-order valence-electron chi connectivity index (χ2n) is 6.82. The minimum Gasteiger partial charge on any atom is -0.311 e. The van der Waals surface area contributed by atoms with Crippen molar-refractivity contribution in [2.45, 2.75) is 58.5 Å². The summed E-state index contributed by atoms with van der Waals surface area (Å²) in [5.74, 6) is 0.811. The topological polar surface area (TPSA) is 15.3 Å². The van der Waals surface area contributed by atoms with Crippen LogP contribution < -0.4 is 5.32 Å². The number of benzene rings is 1. The van der Waals surface area contributed by atoms with Crippen LogP contribution in [0.25, 0.3) is 0 Å². The summed E-state index contributed by atoms with van der Waals surface area (Å²) >= 11 is 0. The molecule has 118 valence electrons. The molecule has 2 nitrogen and oxygen atoms in total. The molecule has 0 amide bonds. The van der Waals surface area contributed by atoms with Gasteiger partial charge in [-0.3, -0.25) is 4.90 Å². The molecule has 0 radical (unpaired) electrons. The molecule has 0 unspecified atom stereocenters. The van der Waals surface area contributed by atoms with Crippen molar-refractivity contribution in [3.8, 4) is 0 Å². The highest BCUT2D eigenvalue weighted by Crippen LogP contribution is 2.23. The molecule has 1 aromatic rings. The van der Waals surface area contributed by atoms with Crippen LogP contribution in [-0.4, -0.2) is 30.6 Å². The maximum absolute atomic E-state index is 3.60. The Morgan fingerprint density at radius 1 is 1.10 bits per heavy atom. The Kier molecular flexibility index (Phi) is 7.25. The van der Waals surface area contributed by atoms with E-state index >= 15 is 0 Å². The van der Waals surface area contributed by atoms with Crippen LogP contribution in [0.1, 0.15) is 51.5 Å². The van der Waals surface area contributed by atoms with Gasteiger partial charge in [0.1, 0.15) is 0 Å². The molecule has 0 saturated heterocycles. The molecule has 1 fully saturated rings. The molecule has 1 N–H and O–H groups in total. The zero-order chi connectivity index (χ0) is 14.9. The molecule has 21 heavy (non-hydrogen) atoms. The van der Waals surface area contributed by atoms with Crippen LogP contribution in [0.2, 0.25) is 0 Å². The van der Waals surface area contributed by atoms with Gasteiger partial charge in [-0.1, -0.05) is 57.0 Å². The molecule has 1 aliphatic carbocycles. The molecule has 0 aromatic heterocycles. The van der Waals surface area contributed by atoms with E-state index in [1.54, 1.807) is 0 Å². The molecule has 2 heteroatoms. The van der Waals surface area contributed by atoms with Gasteiger partial charge in [0.05, 0.1) is 0 Å². The van der Waals surface area contributed by atoms with Gasteiger partial charge in [-0.05, 0) is 37.3 Å². The molecule has 1 saturated carbocycles. The molecular formula is C19H32N2. The third-order valence-corrected chi connectivity index (χ3v) is 4.58.